The Morgan fingerprint density at radius 3 is 2.50 bits per heavy atom. The van der Waals surface area contributed by atoms with Gasteiger partial charge in [0.1, 0.15) is 0 Å². The van der Waals surface area contributed by atoms with E-state index in [0.717, 1.165) is 19.3 Å². The number of aliphatic hydroxyl groups excluding tert-OH is 1. The first-order valence-corrected chi connectivity index (χ1v) is 7.78. The van der Waals surface area contributed by atoms with Crippen molar-refractivity contribution in [3.05, 3.63) is 0 Å². The topological polar surface area (TPSA) is 57.6 Å². The molecule has 0 atom stereocenters. The van der Waals surface area contributed by atoms with E-state index in [2.05, 4.69) is 0 Å². The van der Waals surface area contributed by atoms with Crippen molar-refractivity contribution in [2.24, 2.45) is 5.92 Å². The molecular weight excluding hydrogens is 250 g/mol. The minimum absolute atomic E-state index is 0.172. The molecule has 0 unspecified atom stereocenters. The molecule has 1 rings (SSSR count). The van der Waals surface area contributed by atoms with Crippen molar-refractivity contribution >= 4 is 21.6 Å². The normalized spacial score (nSPS) is 25.8. The van der Waals surface area contributed by atoms with Crippen molar-refractivity contribution in [2.45, 2.75) is 31.8 Å². The van der Waals surface area contributed by atoms with Crippen LogP contribution in [0.25, 0.3) is 0 Å². The number of rotatable bonds is 7. The Balaban J connectivity index is 2.30. The fraction of sp³-hybridized carbons (Fsp3) is 1.00. The van der Waals surface area contributed by atoms with Gasteiger partial charge in [0.2, 0.25) is 10.0 Å². The van der Waals surface area contributed by atoms with E-state index < -0.39 is 10.0 Å². The highest BCUT2D eigenvalue weighted by Crippen LogP contribution is 2.28. The Bertz CT molecular complexity index is 301. The molecule has 0 aliphatic heterocycles. The molecule has 0 saturated heterocycles. The van der Waals surface area contributed by atoms with E-state index >= 15 is 0 Å². The summed E-state index contributed by atoms with van der Waals surface area (Å²) in [5.41, 5.74) is 0. The third kappa shape index (κ3) is 4.20. The summed E-state index contributed by atoms with van der Waals surface area (Å²) in [6.07, 6.45) is 2.57. The Kier molecular flexibility index (Phi) is 5.50. The average molecular weight is 270 g/mol. The fourth-order valence-electron chi connectivity index (χ4n) is 1.86. The van der Waals surface area contributed by atoms with Gasteiger partial charge in [-0.05, 0) is 31.6 Å². The Labute approximate surface area is 103 Å². The van der Waals surface area contributed by atoms with Crippen LogP contribution in [0.1, 0.15) is 25.7 Å². The van der Waals surface area contributed by atoms with Gasteiger partial charge in [0.25, 0.3) is 0 Å². The standard InChI is InChI=1S/C10H20ClNO3S/c1-12(8-9-6-10(13)7-9)16(14,15)5-3-2-4-11/h9-10,13H,2-8H2,1H3. The van der Waals surface area contributed by atoms with Gasteiger partial charge in [-0.2, -0.15) is 0 Å². The molecule has 1 saturated carbocycles. The van der Waals surface area contributed by atoms with E-state index in [9.17, 15) is 8.42 Å². The summed E-state index contributed by atoms with van der Waals surface area (Å²) in [7, 11) is -1.52. The average Bonchev–Trinajstić information content (AvgIpc) is 2.15. The predicted molar refractivity (Wildman–Crippen MR) is 65.1 cm³/mol. The molecular formula is C10H20ClNO3S. The number of aliphatic hydroxyl groups is 1. The van der Waals surface area contributed by atoms with Crippen molar-refractivity contribution in [3.8, 4) is 0 Å². The molecule has 1 N–H and O–H groups in total. The van der Waals surface area contributed by atoms with Crippen molar-refractivity contribution in [1.29, 1.82) is 0 Å². The lowest BCUT2D eigenvalue weighted by Gasteiger charge is -2.34. The molecule has 4 nitrogen and oxygen atoms in total. The number of hydrogen-bond acceptors (Lipinski definition) is 3. The first kappa shape index (κ1) is 14.2. The van der Waals surface area contributed by atoms with Crippen LogP contribution in [0, 0.1) is 5.92 Å². The monoisotopic (exact) mass is 269 g/mol. The molecule has 0 aromatic heterocycles. The Morgan fingerprint density at radius 1 is 1.38 bits per heavy atom. The number of halogens is 1. The van der Waals surface area contributed by atoms with Crippen molar-refractivity contribution in [3.63, 3.8) is 0 Å². The summed E-state index contributed by atoms with van der Waals surface area (Å²) in [6.45, 7) is 0.528. The summed E-state index contributed by atoms with van der Waals surface area (Å²) in [4.78, 5) is 0. The van der Waals surface area contributed by atoms with Gasteiger partial charge < -0.3 is 5.11 Å². The second-order valence-corrected chi connectivity index (χ2v) is 7.06. The van der Waals surface area contributed by atoms with Crippen LogP contribution in [0.3, 0.4) is 0 Å². The van der Waals surface area contributed by atoms with Crippen LogP contribution in [0.15, 0.2) is 0 Å². The zero-order valence-electron chi connectivity index (χ0n) is 9.60. The maximum absolute atomic E-state index is 11.8. The highest BCUT2D eigenvalue weighted by atomic mass is 35.5. The van der Waals surface area contributed by atoms with Gasteiger partial charge >= 0.3 is 0 Å². The third-order valence-electron chi connectivity index (χ3n) is 2.99. The van der Waals surface area contributed by atoms with E-state index in [1.807, 2.05) is 0 Å². The van der Waals surface area contributed by atoms with Gasteiger partial charge in [0, 0.05) is 19.5 Å². The van der Waals surface area contributed by atoms with E-state index in [0.29, 0.717) is 24.8 Å². The zero-order valence-corrected chi connectivity index (χ0v) is 11.2. The summed E-state index contributed by atoms with van der Waals surface area (Å²) in [5.74, 6) is 1.00. The number of hydrogen-bond donors (Lipinski definition) is 1. The Hall–Kier alpha value is 0.160. The maximum Gasteiger partial charge on any atom is 0.213 e. The molecule has 96 valence electrons. The van der Waals surface area contributed by atoms with E-state index in [4.69, 9.17) is 16.7 Å². The van der Waals surface area contributed by atoms with E-state index in [1.165, 1.54) is 4.31 Å². The van der Waals surface area contributed by atoms with Crippen LogP contribution in [-0.4, -0.2) is 49.2 Å². The van der Waals surface area contributed by atoms with Crippen LogP contribution in [0.2, 0.25) is 0 Å². The van der Waals surface area contributed by atoms with E-state index in [-0.39, 0.29) is 11.9 Å². The lowest BCUT2D eigenvalue weighted by atomic mass is 9.82. The first-order valence-electron chi connectivity index (χ1n) is 5.63. The second-order valence-electron chi connectivity index (χ2n) is 4.48. The van der Waals surface area contributed by atoms with Gasteiger partial charge in [-0.3, -0.25) is 0 Å². The van der Waals surface area contributed by atoms with Crippen LogP contribution in [0.5, 0.6) is 0 Å². The lowest BCUT2D eigenvalue weighted by Crippen LogP contribution is -2.40. The van der Waals surface area contributed by atoms with Gasteiger partial charge in [-0.1, -0.05) is 0 Å². The number of sulfonamides is 1. The van der Waals surface area contributed by atoms with Crippen LogP contribution in [-0.2, 0) is 10.0 Å². The van der Waals surface area contributed by atoms with Crippen LogP contribution < -0.4 is 0 Å². The highest BCUT2D eigenvalue weighted by molar-refractivity contribution is 7.89. The third-order valence-corrected chi connectivity index (χ3v) is 5.16. The molecule has 1 aliphatic rings. The van der Waals surface area contributed by atoms with Crippen molar-refractivity contribution in [2.75, 3.05) is 25.2 Å². The minimum Gasteiger partial charge on any atom is -0.393 e. The summed E-state index contributed by atoms with van der Waals surface area (Å²) in [6, 6.07) is 0. The first-order chi connectivity index (χ1) is 7.45. The summed E-state index contributed by atoms with van der Waals surface area (Å²) < 4.78 is 25.0. The summed E-state index contributed by atoms with van der Waals surface area (Å²) >= 11 is 5.51. The quantitative estimate of drug-likeness (QED) is 0.555. The molecule has 0 aromatic carbocycles. The summed E-state index contributed by atoms with van der Waals surface area (Å²) in [5, 5.41) is 9.12. The molecule has 0 spiro atoms. The molecule has 0 aromatic rings. The highest BCUT2D eigenvalue weighted by Gasteiger charge is 2.30. The van der Waals surface area contributed by atoms with Crippen LogP contribution in [0.4, 0.5) is 0 Å². The molecule has 0 heterocycles. The molecule has 6 heteroatoms. The molecule has 1 fully saturated rings. The van der Waals surface area contributed by atoms with Gasteiger partial charge in [0.15, 0.2) is 0 Å². The smallest absolute Gasteiger partial charge is 0.213 e. The molecule has 0 bridgehead atoms. The number of unbranched alkanes of at least 4 members (excludes halogenated alkanes) is 1. The SMILES string of the molecule is CN(CC1CC(O)C1)S(=O)(=O)CCCCCl. The van der Waals surface area contributed by atoms with Gasteiger partial charge in [-0.25, -0.2) is 12.7 Å². The van der Waals surface area contributed by atoms with Gasteiger partial charge in [0.05, 0.1) is 11.9 Å². The largest absolute Gasteiger partial charge is 0.393 e. The molecule has 1 aliphatic carbocycles. The second kappa shape index (κ2) is 6.19. The van der Waals surface area contributed by atoms with Crippen molar-refractivity contribution < 1.29 is 13.5 Å². The predicted octanol–water partition coefficient (Wildman–Crippen LogP) is 1.04. The number of alkyl halides is 1. The number of nitrogens with zero attached hydrogens (tertiary/aromatic N) is 1. The minimum atomic E-state index is -3.13. The lowest BCUT2D eigenvalue weighted by molar-refractivity contribution is 0.0367. The molecule has 16 heavy (non-hydrogen) atoms. The fourth-order valence-corrected chi connectivity index (χ4v) is 3.37. The van der Waals surface area contributed by atoms with Crippen LogP contribution >= 0.6 is 11.6 Å². The zero-order chi connectivity index (χ0) is 12.2. The molecule has 0 amide bonds. The molecule has 0 radical (unpaired) electrons. The van der Waals surface area contributed by atoms with Crippen molar-refractivity contribution in [1.82, 2.24) is 4.31 Å². The van der Waals surface area contributed by atoms with E-state index in [1.54, 1.807) is 7.05 Å². The Morgan fingerprint density at radius 2 is 2.00 bits per heavy atom. The maximum atomic E-state index is 11.8. The van der Waals surface area contributed by atoms with Gasteiger partial charge in [-0.15, -0.1) is 11.6 Å².